The van der Waals surface area contributed by atoms with E-state index in [1.165, 1.54) is 0 Å². The minimum atomic E-state index is -3.91. The Kier molecular flexibility index (Phi) is 2.61. The molecule has 0 aromatic carbocycles. The van der Waals surface area contributed by atoms with Crippen molar-refractivity contribution in [3.8, 4) is 0 Å². The first-order chi connectivity index (χ1) is 5.02. The van der Waals surface area contributed by atoms with Gasteiger partial charge in [-0.3, -0.25) is 0 Å². The van der Waals surface area contributed by atoms with Gasteiger partial charge in [0.25, 0.3) is 5.63 Å². The highest BCUT2D eigenvalue weighted by atomic mass is 35.5. The van der Waals surface area contributed by atoms with Gasteiger partial charge in [0.15, 0.2) is 0 Å². The van der Waals surface area contributed by atoms with Crippen LogP contribution in [0.5, 0.6) is 0 Å². The highest BCUT2D eigenvalue weighted by Crippen LogP contribution is 2.27. The molecule has 2 nitrogen and oxygen atoms in total. The molecule has 0 bridgehead atoms. The van der Waals surface area contributed by atoms with Crippen molar-refractivity contribution in [1.29, 1.82) is 0 Å². The minimum Gasteiger partial charge on any atom is -0.371 e. The van der Waals surface area contributed by atoms with E-state index in [9.17, 15) is 13.2 Å². The number of hydrogen-bond acceptors (Lipinski definition) is 2. The van der Waals surface area contributed by atoms with Gasteiger partial charge in [-0.1, -0.05) is 11.6 Å². The number of alkyl halides is 4. The van der Waals surface area contributed by atoms with E-state index in [1.54, 1.807) is 0 Å². The van der Waals surface area contributed by atoms with E-state index in [4.69, 9.17) is 0 Å². The molecule has 0 aliphatic carbocycles. The van der Waals surface area contributed by atoms with E-state index in [2.05, 4.69) is 21.1 Å². The normalized spacial score (nSPS) is 26.7. The second-order valence-electron chi connectivity index (χ2n) is 2.13. The second-order valence-corrected chi connectivity index (χ2v) is 2.51. The van der Waals surface area contributed by atoms with Gasteiger partial charge in [-0.05, 0) is 0 Å². The van der Waals surface area contributed by atoms with Crippen LogP contribution in [0.3, 0.4) is 0 Å². The number of ether oxygens (including phenoxy) is 2. The summed E-state index contributed by atoms with van der Waals surface area (Å²) in [6.45, 7) is 0.0649. The molecule has 6 heteroatoms. The molecular weight excluding hydrogens is 184 g/mol. The smallest absolute Gasteiger partial charge is 0.371 e. The lowest BCUT2D eigenvalue weighted by atomic mass is 10.5. The van der Waals surface area contributed by atoms with Crippen molar-refractivity contribution in [1.82, 2.24) is 0 Å². The van der Waals surface area contributed by atoms with Crippen molar-refractivity contribution in [3.05, 3.63) is 0 Å². The van der Waals surface area contributed by atoms with Crippen LogP contribution in [-0.2, 0) is 9.47 Å². The molecule has 1 rings (SSSR count). The van der Waals surface area contributed by atoms with Gasteiger partial charge in [0.05, 0.1) is 13.2 Å². The molecular formula is C5H6ClF3O2. The molecule has 0 N–H and O–H groups in total. The summed E-state index contributed by atoms with van der Waals surface area (Å²) in [5.41, 5.74) is -2.80. The summed E-state index contributed by atoms with van der Waals surface area (Å²) in [6.07, 6.45) is -4.23. The molecule has 2 atom stereocenters. The Morgan fingerprint density at radius 1 is 1.73 bits per heavy atom. The molecule has 0 radical (unpaired) electrons. The number of hydrogen-bond donors (Lipinski definition) is 0. The Hall–Kier alpha value is -0.0000000000000000416. The van der Waals surface area contributed by atoms with E-state index in [-0.39, 0.29) is 12.7 Å². The van der Waals surface area contributed by atoms with Crippen LogP contribution >= 0.6 is 11.6 Å². The molecule has 66 valence electrons. The molecule has 0 aromatic rings. The molecule has 1 saturated heterocycles. The summed E-state index contributed by atoms with van der Waals surface area (Å²) in [4.78, 5) is 0. The average molecular weight is 191 g/mol. The Balaban J connectivity index is 2.20. The summed E-state index contributed by atoms with van der Waals surface area (Å²) in [6, 6.07) is 0. The van der Waals surface area contributed by atoms with Crippen LogP contribution in [0.4, 0.5) is 13.2 Å². The maximum Gasteiger partial charge on any atom is 0.401 e. The number of halogens is 4. The molecule has 0 unspecified atom stereocenters. The third kappa shape index (κ3) is 2.84. The van der Waals surface area contributed by atoms with Crippen LogP contribution in [0.15, 0.2) is 0 Å². The summed E-state index contributed by atoms with van der Waals surface area (Å²) >= 11 is 4.49. The monoisotopic (exact) mass is 190 g/mol. The average Bonchev–Trinajstić information content (AvgIpc) is 2.65. The largest absolute Gasteiger partial charge is 0.401 e. The van der Waals surface area contributed by atoms with E-state index < -0.39 is 11.7 Å². The van der Waals surface area contributed by atoms with E-state index in [0.717, 1.165) is 0 Å². The fraction of sp³-hybridized carbons (Fsp3) is 1.00. The molecule has 11 heavy (non-hydrogen) atoms. The molecule has 1 aliphatic rings. The zero-order valence-corrected chi connectivity index (χ0v) is 6.15. The van der Waals surface area contributed by atoms with Crippen molar-refractivity contribution in [2.75, 3.05) is 13.2 Å². The van der Waals surface area contributed by atoms with Crippen LogP contribution in [0.1, 0.15) is 0 Å². The Labute approximate surface area is 66.2 Å². The minimum absolute atomic E-state index is 0.319. The Morgan fingerprint density at radius 3 is 2.64 bits per heavy atom. The fourth-order valence-corrected chi connectivity index (χ4v) is 0.494. The van der Waals surface area contributed by atoms with Gasteiger partial charge in [-0.15, -0.1) is 0 Å². The van der Waals surface area contributed by atoms with Gasteiger partial charge in [-0.25, -0.2) is 4.39 Å². The van der Waals surface area contributed by atoms with Crippen molar-refractivity contribution in [3.63, 3.8) is 0 Å². The molecule has 1 heterocycles. The van der Waals surface area contributed by atoms with Crippen LogP contribution < -0.4 is 0 Å². The topological polar surface area (TPSA) is 21.8 Å². The molecule has 0 spiro atoms. The third-order valence-corrected chi connectivity index (χ3v) is 1.37. The standard InChI is InChI=1S/C5H6ClF3O2/c6-4(7)5(8,9)11-2-3-1-10-3/h3-4H,1-2H2/t3-,4+/m0/s1. The molecule has 1 aliphatic heterocycles. The van der Waals surface area contributed by atoms with Gasteiger partial charge in [0, 0.05) is 0 Å². The summed E-state index contributed by atoms with van der Waals surface area (Å²) in [5, 5.41) is 0. The molecule has 0 saturated carbocycles. The first kappa shape index (κ1) is 9.09. The maximum absolute atomic E-state index is 12.1. The zero-order chi connectivity index (χ0) is 8.48. The van der Waals surface area contributed by atoms with Gasteiger partial charge in [0.1, 0.15) is 6.10 Å². The summed E-state index contributed by atoms with van der Waals surface area (Å²) in [7, 11) is 0. The van der Waals surface area contributed by atoms with Crippen LogP contribution in [-0.4, -0.2) is 31.1 Å². The number of epoxide rings is 1. The lowest BCUT2D eigenvalue weighted by molar-refractivity contribution is -0.257. The first-order valence-corrected chi connectivity index (χ1v) is 3.37. The molecule has 0 amide bonds. The Morgan fingerprint density at radius 2 is 2.27 bits per heavy atom. The van der Waals surface area contributed by atoms with E-state index in [1.807, 2.05) is 0 Å². The SMILES string of the molecule is F[C@@H](Cl)C(F)(F)OC[C@@H]1CO1. The van der Waals surface area contributed by atoms with Crippen LogP contribution in [0, 0.1) is 0 Å². The van der Waals surface area contributed by atoms with Gasteiger partial charge < -0.3 is 9.47 Å². The first-order valence-electron chi connectivity index (χ1n) is 2.94. The summed E-state index contributed by atoms with van der Waals surface area (Å²) < 4.78 is 44.5. The predicted molar refractivity (Wildman–Crippen MR) is 31.4 cm³/mol. The number of rotatable bonds is 4. The zero-order valence-electron chi connectivity index (χ0n) is 5.40. The van der Waals surface area contributed by atoms with Crippen LogP contribution in [0.25, 0.3) is 0 Å². The van der Waals surface area contributed by atoms with Crippen molar-refractivity contribution >= 4 is 11.6 Å². The maximum atomic E-state index is 12.1. The molecule has 0 aromatic heterocycles. The fourth-order valence-electron chi connectivity index (χ4n) is 0.431. The Bertz CT molecular complexity index is 138. The highest BCUT2D eigenvalue weighted by Gasteiger charge is 2.42. The molecule has 1 fully saturated rings. The van der Waals surface area contributed by atoms with E-state index >= 15 is 0 Å². The van der Waals surface area contributed by atoms with E-state index in [0.29, 0.717) is 6.61 Å². The quantitative estimate of drug-likeness (QED) is 0.495. The highest BCUT2D eigenvalue weighted by molar-refractivity contribution is 6.20. The van der Waals surface area contributed by atoms with Gasteiger partial charge in [0.2, 0.25) is 0 Å². The third-order valence-electron chi connectivity index (χ3n) is 1.12. The second kappa shape index (κ2) is 3.16. The lowest BCUT2D eigenvalue weighted by Crippen LogP contribution is -2.30. The summed E-state index contributed by atoms with van der Waals surface area (Å²) in [5.74, 6) is 0. The van der Waals surface area contributed by atoms with Crippen molar-refractivity contribution < 1.29 is 22.6 Å². The van der Waals surface area contributed by atoms with Crippen molar-refractivity contribution in [2.24, 2.45) is 0 Å². The van der Waals surface area contributed by atoms with Crippen molar-refractivity contribution in [2.45, 2.75) is 17.8 Å². The van der Waals surface area contributed by atoms with Gasteiger partial charge >= 0.3 is 6.11 Å². The predicted octanol–water partition coefficient (Wildman–Crippen LogP) is 1.53. The van der Waals surface area contributed by atoms with Gasteiger partial charge in [-0.2, -0.15) is 8.78 Å². The van der Waals surface area contributed by atoms with Crippen LogP contribution in [0.2, 0.25) is 0 Å². The lowest BCUT2D eigenvalue weighted by Gasteiger charge is -2.15.